The molecule has 1 aromatic rings. The van der Waals surface area contributed by atoms with Crippen molar-refractivity contribution in [1.29, 1.82) is 0 Å². The number of ether oxygens (including phenoxy) is 2. The summed E-state index contributed by atoms with van der Waals surface area (Å²) in [6.45, 7) is 3.36. The molecular weight excluding hydrogens is 242 g/mol. The molecule has 0 aromatic carbocycles. The smallest absolute Gasteiger partial charge is 0.171 e. The van der Waals surface area contributed by atoms with E-state index < -0.39 is 0 Å². The van der Waals surface area contributed by atoms with E-state index in [9.17, 15) is 0 Å². The summed E-state index contributed by atoms with van der Waals surface area (Å²) in [6, 6.07) is 2.16. The van der Waals surface area contributed by atoms with Crippen molar-refractivity contribution in [2.45, 2.75) is 37.4 Å². The first kappa shape index (κ1) is 11.6. The first-order valence-corrected chi connectivity index (χ1v) is 7.19. The third-order valence-corrected chi connectivity index (χ3v) is 4.33. The molecule has 0 N–H and O–H groups in total. The maximum Gasteiger partial charge on any atom is 0.171 e. The van der Waals surface area contributed by atoms with Gasteiger partial charge in [0.1, 0.15) is 12.1 Å². The normalized spacial score (nSPS) is 26.0. The molecular formula is C14H19N3O2. The first-order chi connectivity index (χ1) is 9.35. The fourth-order valence-electron chi connectivity index (χ4n) is 3.00. The van der Waals surface area contributed by atoms with Gasteiger partial charge in [-0.2, -0.15) is 0 Å². The number of hydrogen-bond donors (Lipinski definition) is 0. The maximum absolute atomic E-state index is 5.76. The maximum atomic E-state index is 5.76. The average Bonchev–Trinajstić information content (AvgIpc) is 3.22. The summed E-state index contributed by atoms with van der Waals surface area (Å²) in [7, 11) is 0. The second-order valence-corrected chi connectivity index (χ2v) is 5.67. The summed E-state index contributed by atoms with van der Waals surface area (Å²) < 4.78 is 11.5. The van der Waals surface area contributed by atoms with Crippen LogP contribution in [0.25, 0.3) is 0 Å². The molecule has 1 aliphatic carbocycles. The minimum atomic E-state index is -0.303. The fourth-order valence-corrected chi connectivity index (χ4v) is 3.00. The van der Waals surface area contributed by atoms with Gasteiger partial charge in [-0.25, -0.2) is 9.97 Å². The van der Waals surface area contributed by atoms with Crippen LogP contribution in [0.3, 0.4) is 0 Å². The molecule has 0 radical (unpaired) electrons. The number of rotatable bonds is 2. The van der Waals surface area contributed by atoms with E-state index in [1.807, 2.05) is 0 Å². The summed E-state index contributed by atoms with van der Waals surface area (Å²) in [4.78, 5) is 11.1. The minimum Gasteiger partial charge on any atom is -0.356 e. The third kappa shape index (κ3) is 2.21. The van der Waals surface area contributed by atoms with E-state index in [0.29, 0.717) is 5.92 Å². The Morgan fingerprint density at radius 3 is 2.53 bits per heavy atom. The molecule has 5 nitrogen and oxygen atoms in total. The van der Waals surface area contributed by atoms with Crippen LogP contribution >= 0.6 is 0 Å². The van der Waals surface area contributed by atoms with Crippen molar-refractivity contribution < 1.29 is 9.47 Å². The molecule has 5 heteroatoms. The molecule has 102 valence electrons. The van der Waals surface area contributed by atoms with Crippen molar-refractivity contribution in [1.82, 2.24) is 9.97 Å². The fraction of sp³-hybridized carbons (Fsp3) is 0.714. The summed E-state index contributed by atoms with van der Waals surface area (Å²) in [5, 5.41) is 0. The molecule has 1 aromatic heterocycles. The van der Waals surface area contributed by atoms with Crippen LogP contribution in [0, 0.1) is 0 Å². The molecule has 3 aliphatic rings. The van der Waals surface area contributed by atoms with Crippen molar-refractivity contribution in [3.05, 3.63) is 18.1 Å². The van der Waals surface area contributed by atoms with Crippen molar-refractivity contribution in [2.24, 2.45) is 0 Å². The molecule has 2 aliphatic heterocycles. The van der Waals surface area contributed by atoms with E-state index in [2.05, 4.69) is 20.9 Å². The van der Waals surface area contributed by atoms with E-state index in [1.165, 1.54) is 18.5 Å². The second-order valence-electron chi connectivity index (χ2n) is 5.67. The van der Waals surface area contributed by atoms with Crippen molar-refractivity contribution in [3.8, 4) is 0 Å². The quantitative estimate of drug-likeness (QED) is 0.811. The van der Waals surface area contributed by atoms with E-state index in [1.54, 1.807) is 6.33 Å². The molecule has 19 heavy (non-hydrogen) atoms. The molecule has 0 bridgehead atoms. The Morgan fingerprint density at radius 2 is 1.84 bits per heavy atom. The van der Waals surface area contributed by atoms with Gasteiger partial charge in [0.05, 0.1) is 13.2 Å². The highest BCUT2D eigenvalue weighted by Crippen LogP contribution is 2.40. The molecule has 0 amide bonds. The van der Waals surface area contributed by atoms with E-state index in [0.717, 1.165) is 45.0 Å². The molecule has 1 saturated carbocycles. The second kappa shape index (κ2) is 4.42. The number of nitrogens with zero attached hydrogens (tertiary/aromatic N) is 3. The van der Waals surface area contributed by atoms with Crippen LogP contribution in [0.2, 0.25) is 0 Å². The first-order valence-electron chi connectivity index (χ1n) is 7.19. The van der Waals surface area contributed by atoms with Gasteiger partial charge >= 0.3 is 0 Å². The minimum absolute atomic E-state index is 0.303. The van der Waals surface area contributed by atoms with E-state index >= 15 is 0 Å². The van der Waals surface area contributed by atoms with Gasteiger partial charge in [-0.15, -0.1) is 0 Å². The summed E-state index contributed by atoms with van der Waals surface area (Å²) in [5.74, 6) is 1.44. The Kier molecular flexibility index (Phi) is 2.70. The molecule has 1 spiro atoms. The Balaban J connectivity index is 1.47. The average molecular weight is 261 g/mol. The van der Waals surface area contributed by atoms with E-state index in [4.69, 9.17) is 9.47 Å². The molecule has 3 fully saturated rings. The van der Waals surface area contributed by atoms with E-state index in [-0.39, 0.29) is 5.79 Å². The molecule has 0 unspecified atom stereocenters. The Hall–Kier alpha value is -1.20. The summed E-state index contributed by atoms with van der Waals surface area (Å²) in [6.07, 6.45) is 6.12. The topological polar surface area (TPSA) is 47.5 Å². The van der Waals surface area contributed by atoms with Gasteiger partial charge < -0.3 is 14.4 Å². The predicted molar refractivity (Wildman–Crippen MR) is 70.1 cm³/mol. The number of anilines is 1. The zero-order chi connectivity index (χ0) is 12.7. The van der Waals surface area contributed by atoms with Crippen molar-refractivity contribution >= 4 is 5.82 Å². The SMILES string of the molecule is c1nc(C2CC2)cc(N2CCC3(CC2)OCCO3)n1. The van der Waals surface area contributed by atoms with Crippen LogP contribution in [0.1, 0.15) is 37.3 Å². The Labute approximate surface area is 112 Å². The van der Waals surface area contributed by atoms with Gasteiger partial charge in [0, 0.05) is 43.6 Å². The number of aromatic nitrogens is 2. The lowest BCUT2D eigenvalue weighted by atomic mass is 10.0. The lowest BCUT2D eigenvalue weighted by Crippen LogP contribution is -2.45. The molecule has 3 heterocycles. The third-order valence-electron chi connectivity index (χ3n) is 4.33. The predicted octanol–water partition coefficient (Wildman–Crippen LogP) is 1.70. The van der Waals surface area contributed by atoms with Gasteiger partial charge in [-0.1, -0.05) is 0 Å². The van der Waals surface area contributed by atoms with Gasteiger partial charge in [0.15, 0.2) is 5.79 Å². The zero-order valence-corrected chi connectivity index (χ0v) is 11.0. The van der Waals surface area contributed by atoms with Gasteiger partial charge in [0.2, 0.25) is 0 Å². The Bertz CT molecular complexity index is 460. The summed E-state index contributed by atoms with van der Waals surface area (Å²) in [5.41, 5.74) is 1.21. The van der Waals surface area contributed by atoms with Crippen LogP contribution < -0.4 is 4.90 Å². The lowest BCUT2D eigenvalue weighted by Gasteiger charge is -2.38. The van der Waals surface area contributed by atoms with Crippen molar-refractivity contribution in [2.75, 3.05) is 31.2 Å². The largest absolute Gasteiger partial charge is 0.356 e. The number of piperidine rings is 1. The van der Waals surface area contributed by atoms with Crippen LogP contribution in [0.5, 0.6) is 0 Å². The highest BCUT2D eigenvalue weighted by atomic mass is 16.7. The van der Waals surface area contributed by atoms with Gasteiger partial charge in [-0.3, -0.25) is 0 Å². The standard InChI is InChI=1S/C14H19N3O2/c1-2-11(1)12-9-13(16-10-15-12)17-5-3-14(4-6-17)18-7-8-19-14/h9-11H,1-8H2. The van der Waals surface area contributed by atoms with Gasteiger partial charge in [0.25, 0.3) is 0 Å². The summed E-state index contributed by atoms with van der Waals surface area (Å²) >= 11 is 0. The van der Waals surface area contributed by atoms with Crippen LogP contribution in [0.15, 0.2) is 12.4 Å². The highest BCUT2D eigenvalue weighted by molar-refractivity contribution is 5.41. The Morgan fingerprint density at radius 1 is 1.11 bits per heavy atom. The van der Waals surface area contributed by atoms with Crippen LogP contribution in [0.4, 0.5) is 5.82 Å². The highest BCUT2D eigenvalue weighted by Gasteiger charge is 2.40. The van der Waals surface area contributed by atoms with Gasteiger partial charge in [-0.05, 0) is 12.8 Å². The monoisotopic (exact) mass is 261 g/mol. The van der Waals surface area contributed by atoms with Crippen LogP contribution in [-0.4, -0.2) is 42.1 Å². The van der Waals surface area contributed by atoms with Crippen LogP contribution in [-0.2, 0) is 9.47 Å². The zero-order valence-electron chi connectivity index (χ0n) is 11.0. The molecule has 4 rings (SSSR count). The molecule has 0 atom stereocenters. The van der Waals surface area contributed by atoms with Crippen molar-refractivity contribution in [3.63, 3.8) is 0 Å². The molecule has 2 saturated heterocycles. The number of hydrogen-bond acceptors (Lipinski definition) is 5. The lowest BCUT2D eigenvalue weighted by molar-refractivity contribution is -0.169.